The number of carbonyl (C=O) groups is 1. The number of hydrogen-bond donors (Lipinski definition) is 1. The first-order valence-corrected chi connectivity index (χ1v) is 8.04. The molecule has 1 N–H and O–H groups in total. The van der Waals surface area contributed by atoms with Crippen molar-refractivity contribution in [3.63, 3.8) is 0 Å². The summed E-state index contributed by atoms with van der Waals surface area (Å²) >= 11 is 0. The van der Waals surface area contributed by atoms with Crippen LogP contribution in [-0.2, 0) is 4.79 Å². The van der Waals surface area contributed by atoms with Crippen molar-refractivity contribution in [2.24, 2.45) is 0 Å². The van der Waals surface area contributed by atoms with Crippen LogP contribution in [0.4, 0.5) is 5.69 Å². The van der Waals surface area contributed by atoms with Crippen LogP contribution >= 0.6 is 0 Å². The second kappa shape index (κ2) is 7.17. The summed E-state index contributed by atoms with van der Waals surface area (Å²) in [4.78, 5) is 16.4. The van der Waals surface area contributed by atoms with Gasteiger partial charge in [0.05, 0.1) is 7.11 Å². The van der Waals surface area contributed by atoms with Crippen LogP contribution in [-0.4, -0.2) is 18.0 Å². The van der Waals surface area contributed by atoms with Gasteiger partial charge >= 0.3 is 0 Å². The summed E-state index contributed by atoms with van der Waals surface area (Å²) in [5, 5.41) is 2.90. The molecule has 3 aromatic rings. The highest BCUT2D eigenvalue weighted by molar-refractivity contribution is 5.93. The summed E-state index contributed by atoms with van der Waals surface area (Å²) in [7, 11) is 1.62. The predicted octanol–water partition coefficient (Wildman–Crippen LogP) is 4.63. The number of methoxy groups -OCH3 is 1. The topological polar surface area (TPSA) is 64.4 Å². The lowest BCUT2D eigenvalue weighted by Crippen LogP contribution is -2.10. The van der Waals surface area contributed by atoms with Crippen LogP contribution in [0.1, 0.15) is 26.2 Å². The van der Waals surface area contributed by atoms with Crippen LogP contribution in [0, 0.1) is 0 Å². The lowest BCUT2D eigenvalue weighted by molar-refractivity contribution is -0.116. The fraction of sp³-hybridized carbons (Fsp3) is 0.263. The number of carbonyl (C=O) groups excluding carboxylic acids is 1. The quantitative estimate of drug-likeness (QED) is 0.718. The summed E-state index contributed by atoms with van der Waals surface area (Å²) in [6, 6.07) is 13.0. The summed E-state index contributed by atoms with van der Waals surface area (Å²) in [6.45, 7) is 2.06. The van der Waals surface area contributed by atoms with Gasteiger partial charge in [0.1, 0.15) is 11.3 Å². The minimum absolute atomic E-state index is 0.0210. The third-order valence-electron chi connectivity index (χ3n) is 3.75. The zero-order valence-electron chi connectivity index (χ0n) is 13.8. The van der Waals surface area contributed by atoms with E-state index in [1.165, 1.54) is 0 Å². The Labute approximate surface area is 140 Å². The van der Waals surface area contributed by atoms with E-state index in [1.54, 1.807) is 7.11 Å². The zero-order valence-corrected chi connectivity index (χ0v) is 13.8. The third kappa shape index (κ3) is 3.56. The SMILES string of the molecule is CCCCC(=O)Nc1ccc2oc(-c3cccc(OC)c3)nc2c1. The summed E-state index contributed by atoms with van der Waals surface area (Å²) < 4.78 is 11.0. The highest BCUT2D eigenvalue weighted by Gasteiger charge is 2.10. The van der Waals surface area contributed by atoms with Gasteiger partial charge in [-0.15, -0.1) is 0 Å². The number of oxazole rings is 1. The molecular weight excluding hydrogens is 304 g/mol. The fourth-order valence-electron chi connectivity index (χ4n) is 2.45. The van der Waals surface area contributed by atoms with Gasteiger partial charge in [-0.3, -0.25) is 4.79 Å². The molecule has 5 nitrogen and oxygen atoms in total. The first-order chi connectivity index (χ1) is 11.7. The number of aromatic nitrogens is 1. The molecule has 124 valence electrons. The fourth-order valence-corrected chi connectivity index (χ4v) is 2.45. The molecule has 0 bridgehead atoms. The first kappa shape index (κ1) is 16.1. The van der Waals surface area contributed by atoms with E-state index in [2.05, 4.69) is 17.2 Å². The van der Waals surface area contributed by atoms with E-state index >= 15 is 0 Å². The average molecular weight is 324 g/mol. The molecule has 2 aromatic carbocycles. The second-order valence-electron chi connectivity index (χ2n) is 5.59. The van der Waals surface area contributed by atoms with Gasteiger partial charge < -0.3 is 14.5 Å². The van der Waals surface area contributed by atoms with E-state index in [9.17, 15) is 4.79 Å². The van der Waals surface area contributed by atoms with Crippen molar-refractivity contribution >= 4 is 22.7 Å². The maximum Gasteiger partial charge on any atom is 0.227 e. The van der Waals surface area contributed by atoms with Crippen LogP contribution < -0.4 is 10.1 Å². The molecule has 0 spiro atoms. The number of hydrogen-bond acceptors (Lipinski definition) is 4. The first-order valence-electron chi connectivity index (χ1n) is 8.04. The molecule has 0 saturated carbocycles. The molecule has 0 aliphatic heterocycles. The minimum Gasteiger partial charge on any atom is -0.497 e. The Balaban J connectivity index is 1.84. The lowest BCUT2D eigenvalue weighted by Gasteiger charge is -2.03. The summed E-state index contributed by atoms with van der Waals surface area (Å²) in [5.41, 5.74) is 2.97. The third-order valence-corrected chi connectivity index (χ3v) is 3.75. The summed E-state index contributed by atoms with van der Waals surface area (Å²) in [6.07, 6.45) is 2.42. The Morgan fingerprint density at radius 3 is 2.92 bits per heavy atom. The van der Waals surface area contributed by atoms with Gasteiger partial charge in [-0.25, -0.2) is 4.98 Å². The smallest absolute Gasteiger partial charge is 0.227 e. The molecule has 1 amide bonds. The van der Waals surface area contributed by atoms with Crippen molar-refractivity contribution in [3.05, 3.63) is 42.5 Å². The highest BCUT2D eigenvalue weighted by atomic mass is 16.5. The van der Waals surface area contributed by atoms with Gasteiger partial charge in [-0.05, 0) is 42.8 Å². The van der Waals surface area contributed by atoms with E-state index < -0.39 is 0 Å². The van der Waals surface area contributed by atoms with E-state index in [-0.39, 0.29) is 5.91 Å². The Bertz CT molecular complexity index is 855. The number of fused-ring (bicyclic) bond motifs is 1. The van der Waals surface area contributed by atoms with Gasteiger partial charge in [-0.2, -0.15) is 0 Å². The molecule has 0 radical (unpaired) electrons. The standard InChI is InChI=1S/C19H20N2O3/c1-3-4-8-18(22)20-14-9-10-17-16(12-14)21-19(24-17)13-6-5-7-15(11-13)23-2/h5-7,9-12H,3-4,8H2,1-2H3,(H,20,22). The second-order valence-corrected chi connectivity index (χ2v) is 5.59. The Hall–Kier alpha value is -2.82. The molecule has 1 heterocycles. The molecular formula is C19H20N2O3. The normalized spacial score (nSPS) is 10.8. The number of nitrogens with zero attached hydrogens (tertiary/aromatic N) is 1. The van der Waals surface area contributed by atoms with E-state index in [4.69, 9.17) is 9.15 Å². The molecule has 1 aromatic heterocycles. The Morgan fingerprint density at radius 1 is 1.25 bits per heavy atom. The van der Waals surface area contributed by atoms with Gasteiger partial charge in [-0.1, -0.05) is 19.4 Å². The van der Waals surface area contributed by atoms with Crippen molar-refractivity contribution in [1.82, 2.24) is 4.98 Å². The molecule has 0 fully saturated rings. The number of unbranched alkanes of at least 4 members (excludes halogenated alkanes) is 1. The van der Waals surface area contributed by atoms with Gasteiger partial charge in [0.2, 0.25) is 11.8 Å². The van der Waals surface area contributed by atoms with Crippen molar-refractivity contribution in [1.29, 1.82) is 0 Å². The lowest BCUT2D eigenvalue weighted by atomic mass is 10.2. The molecule has 0 aliphatic rings. The number of amides is 1. The van der Waals surface area contributed by atoms with Gasteiger partial charge in [0.15, 0.2) is 5.58 Å². The molecule has 24 heavy (non-hydrogen) atoms. The average Bonchev–Trinajstić information content (AvgIpc) is 3.03. The Kier molecular flexibility index (Phi) is 4.79. The van der Waals surface area contributed by atoms with E-state index in [0.29, 0.717) is 23.4 Å². The van der Waals surface area contributed by atoms with Crippen molar-refractivity contribution in [3.8, 4) is 17.2 Å². The van der Waals surface area contributed by atoms with Crippen molar-refractivity contribution < 1.29 is 13.9 Å². The molecule has 0 saturated heterocycles. The monoisotopic (exact) mass is 324 g/mol. The van der Waals surface area contributed by atoms with Crippen LogP contribution in [0.2, 0.25) is 0 Å². The number of ether oxygens (including phenoxy) is 1. The van der Waals surface area contributed by atoms with Crippen molar-refractivity contribution in [2.75, 3.05) is 12.4 Å². The van der Waals surface area contributed by atoms with Crippen LogP contribution in [0.25, 0.3) is 22.6 Å². The van der Waals surface area contributed by atoms with Crippen LogP contribution in [0.3, 0.4) is 0 Å². The maximum absolute atomic E-state index is 11.8. The number of anilines is 1. The number of nitrogens with one attached hydrogen (secondary N) is 1. The highest BCUT2D eigenvalue weighted by Crippen LogP contribution is 2.28. The maximum atomic E-state index is 11.8. The summed E-state index contributed by atoms with van der Waals surface area (Å²) in [5.74, 6) is 1.30. The predicted molar refractivity (Wildman–Crippen MR) is 94.2 cm³/mol. The van der Waals surface area contributed by atoms with E-state index in [1.807, 2.05) is 42.5 Å². The van der Waals surface area contributed by atoms with Crippen LogP contribution in [0.5, 0.6) is 5.75 Å². The zero-order chi connectivity index (χ0) is 16.9. The van der Waals surface area contributed by atoms with Gasteiger partial charge in [0.25, 0.3) is 0 Å². The molecule has 3 rings (SSSR count). The largest absolute Gasteiger partial charge is 0.497 e. The van der Waals surface area contributed by atoms with Crippen molar-refractivity contribution in [2.45, 2.75) is 26.2 Å². The molecule has 0 unspecified atom stereocenters. The molecule has 0 aliphatic carbocycles. The molecule has 0 atom stereocenters. The molecule has 5 heteroatoms. The minimum atomic E-state index is 0.0210. The number of rotatable bonds is 6. The van der Waals surface area contributed by atoms with E-state index in [0.717, 1.165) is 29.8 Å². The Morgan fingerprint density at radius 2 is 2.12 bits per heavy atom. The van der Waals surface area contributed by atoms with Gasteiger partial charge in [0, 0.05) is 17.7 Å². The van der Waals surface area contributed by atoms with Crippen LogP contribution in [0.15, 0.2) is 46.9 Å². The number of benzene rings is 2.